The van der Waals surface area contributed by atoms with E-state index < -0.39 is 10.0 Å². The molecule has 0 aliphatic heterocycles. The summed E-state index contributed by atoms with van der Waals surface area (Å²) in [6.07, 6.45) is 3.90. The highest BCUT2D eigenvalue weighted by atomic mass is 32.2. The molecule has 0 saturated heterocycles. The fourth-order valence-electron chi connectivity index (χ4n) is 2.35. The van der Waals surface area contributed by atoms with E-state index in [4.69, 9.17) is 4.74 Å². The van der Waals surface area contributed by atoms with Crippen molar-refractivity contribution in [2.45, 2.75) is 50.3 Å². The molecule has 21 heavy (non-hydrogen) atoms. The molecular weight excluding hydrogens is 292 g/mol. The van der Waals surface area contributed by atoms with E-state index in [2.05, 4.69) is 15.5 Å². The van der Waals surface area contributed by atoms with E-state index in [1.54, 1.807) is 13.3 Å². The maximum atomic E-state index is 12.8. The van der Waals surface area contributed by atoms with Crippen molar-refractivity contribution in [3.8, 4) is 0 Å². The van der Waals surface area contributed by atoms with Crippen LogP contribution in [-0.4, -0.2) is 55.3 Å². The molecule has 1 aliphatic rings. The molecule has 1 saturated carbocycles. The lowest BCUT2D eigenvalue weighted by Crippen LogP contribution is -2.41. The summed E-state index contributed by atoms with van der Waals surface area (Å²) in [5.41, 5.74) is 0.685. The maximum absolute atomic E-state index is 12.8. The van der Waals surface area contributed by atoms with Crippen molar-refractivity contribution in [2.75, 3.05) is 20.3 Å². The van der Waals surface area contributed by atoms with E-state index in [-0.39, 0.29) is 11.1 Å². The number of likely N-dealkylation sites (N-methyl/N-ethyl adjacent to an activating group) is 1. The van der Waals surface area contributed by atoms with E-state index in [9.17, 15) is 8.42 Å². The van der Waals surface area contributed by atoms with Crippen molar-refractivity contribution in [3.63, 3.8) is 0 Å². The van der Waals surface area contributed by atoms with Crippen LogP contribution < -0.4 is 5.32 Å². The summed E-state index contributed by atoms with van der Waals surface area (Å²) in [4.78, 5) is 0. The average molecular weight is 316 g/mol. The number of nitrogens with one attached hydrogen (secondary N) is 2. The Bertz CT molecular complexity index is 554. The minimum absolute atomic E-state index is 0.181. The Morgan fingerprint density at radius 1 is 1.57 bits per heavy atom. The number of ether oxygens (including phenoxy) is 1. The van der Waals surface area contributed by atoms with Crippen LogP contribution >= 0.6 is 0 Å². The smallest absolute Gasteiger partial charge is 0.260 e. The molecule has 2 N–H and O–H groups in total. The Morgan fingerprint density at radius 3 is 2.86 bits per heavy atom. The van der Waals surface area contributed by atoms with Crippen LogP contribution in [-0.2, 0) is 21.3 Å². The fraction of sp³-hybridized carbons (Fsp3) is 0.769. The summed E-state index contributed by atoms with van der Waals surface area (Å²) in [7, 11) is -2.02. The second kappa shape index (κ2) is 6.87. The molecule has 1 unspecified atom stereocenters. The number of methoxy groups -OCH3 is 1. The number of rotatable bonds is 9. The zero-order chi connectivity index (χ0) is 15.5. The van der Waals surface area contributed by atoms with Gasteiger partial charge in [-0.15, -0.1) is 0 Å². The Morgan fingerprint density at radius 2 is 2.29 bits per heavy atom. The van der Waals surface area contributed by atoms with Crippen molar-refractivity contribution < 1.29 is 13.2 Å². The van der Waals surface area contributed by atoms with Gasteiger partial charge in [-0.3, -0.25) is 5.10 Å². The molecule has 0 amide bonds. The first kappa shape index (κ1) is 16.4. The zero-order valence-electron chi connectivity index (χ0n) is 12.8. The molecule has 2 rings (SSSR count). The minimum Gasteiger partial charge on any atom is -0.383 e. The second-order valence-electron chi connectivity index (χ2n) is 5.39. The largest absolute Gasteiger partial charge is 0.383 e. The molecule has 1 heterocycles. The molecule has 0 bridgehead atoms. The van der Waals surface area contributed by atoms with Crippen LogP contribution in [0.1, 0.15) is 32.3 Å². The highest BCUT2D eigenvalue weighted by Gasteiger charge is 2.31. The van der Waals surface area contributed by atoms with Gasteiger partial charge in [-0.05, 0) is 19.8 Å². The third-order valence-electron chi connectivity index (χ3n) is 3.61. The van der Waals surface area contributed by atoms with Crippen LogP contribution in [0.3, 0.4) is 0 Å². The summed E-state index contributed by atoms with van der Waals surface area (Å²) < 4.78 is 32.1. The highest BCUT2D eigenvalue weighted by Crippen LogP contribution is 2.22. The lowest BCUT2D eigenvalue weighted by atomic mass is 10.3. The molecule has 1 fully saturated rings. The van der Waals surface area contributed by atoms with Crippen LogP contribution in [0, 0.1) is 0 Å². The van der Waals surface area contributed by atoms with Crippen LogP contribution in [0.15, 0.2) is 11.2 Å². The van der Waals surface area contributed by atoms with Gasteiger partial charge in [-0.2, -0.15) is 9.40 Å². The van der Waals surface area contributed by atoms with Crippen LogP contribution in [0.4, 0.5) is 0 Å². The Labute approximate surface area is 126 Å². The van der Waals surface area contributed by atoms with Crippen molar-refractivity contribution in [3.05, 3.63) is 11.8 Å². The van der Waals surface area contributed by atoms with Crippen LogP contribution in [0.25, 0.3) is 0 Å². The molecule has 1 atom stereocenters. The molecule has 1 aromatic rings. The van der Waals surface area contributed by atoms with Gasteiger partial charge in [0, 0.05) is 37.8 Å². The normalized spacial score (nSPS) is 17.3. The van der Waals surface area contributed by atoms with Gasteiger partial charge in [0.15, 0.2) is 5.03 Å². The first-order chi connectivity index (χ1) is 10.0. The molecule has 0 spiro atoms. The molecular formula is C13H24N4O3S. The van der Waals surface area contributed by atoms with Gasteiger partial charge in [0.1, 0.15) is 0 Å². The van der Waals surface area contributed by atoms with E-state index in [0.717, 1.165) is 12.8 Å². The van der Waals surface area contributed by atoms with E-state index in [1.165, 1.54) is 4.31 Å². The highest BCUT2D eigenvalue weighted by molar-refractivity contribution is 7.89. The Balaban J connectivity index is 2.18. The molecule has 7 nitrogen and oxygen atoms in total. The lowest BCUT2D eigenvalue weighted by molar-refractivity contribution is 0.142. The number of aromatic nitrogens is 2. The number of hydrogen-bond acceptors (Lipinski definition) is 5. The van der Waals surface area contributed by atoms with Crippen LogP contribution in [0.2, 0.25) is 0 Å². The number of nitrogens with zero attached hydrogens (tertiary/aromatic N) is 2. The SMILES string of the molecule is CCN(C(C)COC)S(=O)(=O)c1[nH]ncc1CNC1CC1. The van der Waals surface area contributed by atoms with Gasteiger partial charge >= 0.3 is 0 Å². The molecule has 8 heteroatoms. The molecule has 0 radical (unpaired) electrons. The van der Waals surface area contributed by atoms with Gasteiger partial charge in [0.2, 0.25) is 0 Å². The fourth-order valence-corrected chi connectivity index (χ4v) is 4.08. The molecule has 0 aromatic carbocycles. The van der Waals surface area contributed by atoms with Gasteiger partial charge in [0.05, 0.1) is 12.8 Å². The summed E-state index contributed by atoms with van der Waals surface area (Å²) in [5.74, 6) is 0. The standard InChI is InChI=1S/C13H24N4O3S/c1-4-17(10(2)9-20-3)21(18,19)13-11(8-15-16-13)7-14-12-5-6-12/h8,10,12,14H,4-7,9H2,1-3H3,(H,15,16). The van der Waals surface area contributed by atoms with E-state index >= 15 is 0 Å². The summed E-state index contributed by atoms with van der Waals surface area (Å²) in [6, 6.07) is 0.294. The number of hydrogen-bond donors (Lipinski definition) is 2. The van der Waals surface area contributed by atoms with Crippen molar-refractivity contribution in [2.24, 2.45) is 0 Å². The Hall–Kier alpha value is -0.960. The van der Waals surface area contributed by atoms with Crippen LogP contribution in [0.5, 0.6) is 0 Å². The lowest BCUT2D eigenvalue weighted by Gasteiger charge is -2.26. The van der Waals surface area contributed by atoms with Crippen molar-refractivity contribution >= 4 is 10.0 Å². The van der Waals surface area contributed by atoms with Gasteiger partial charge in [0.25, 0.3) is 10.0 Å². The Kier molecular flexibility index (Phi) is 5.37. The first-order valence-electron chi connectivity index (χ1n) is 7.27. The predicted molar refractivity (Wildman–Crippen MR) is 79.4 cm³/mol. The predicted octanol–water partition coefficient (Wildman–Crippen LogP) is 0.707. The van der Waals surface area contributed by atoms with Gasteiger partial charge in [-0.1, -0.05) is 6.92 Å². The number of H-pyrrole nitrogens is 1. The topological polar surface area (TPSA) is 87.3 Å². The summed E-state index contributed by atoms with van der Waals surface area (Å²) in [6.45, 7) is 4.93. The molecule has 1 aromatic heterocycles. The van der Waals surface area contributed by atoms with Crippen molar-refractivity contribution in [1.82, 2.24) is 19.8 Å². The maximum Gasteiger partial charge on any atom is 0.260 e. The molecule has 120 valence electrons. The molecule has 1 aliphatic carbocycles. The third kappa shape index (κ3) is 3.82. The minimum atomic E-state index is -3.59. The van der Waals surface area contributed by atoms with Crippen molar-refractivity contribution in [1.29, 1.82) is 0 Å². The monoisotopic (exact) mass is 316 g/mol. The quantitative estimate of drug-likeness (QED) is 0.700. The second-order valence-corrected chi connectivity index (χ2v) is 7.22. The summed E-state index contributed by atoms with van der Waals surface area (Å²) in [5, 5.41) is 10.0. The first-order valence-corrected chi connectivity index (χ1v) is 8.71. The summed E-state index contributed by atoms with van der Waals surface area (Å²) >= 11 is 0. The van der Waals surface area contributed by atoms with Gasteiger partial charge < -0.3 is 10.1 Å². The van der Waals surface area contributed by atoms with E-state index in [0.29, 0.717) is 31.3 Å². The average Bonchev–Trinajstić information content (AvgIpc) is 3.13. The zero-order valence-corrected chi connectivity index (χ0v) is 13.6. The van der Waals surface area contributed by atoms with E-state index in [1.807, 2.05) is 13.8 Å². The van der Waals surface area contributed by atoms with Gasteiger partial charge in [-0.25, -0.2) is 8.42 Å². The number of sulfonamides is 1. The third-order valence-corrected chi connectivity index (χ3v) is 5.72. The number of aromatic amines is 1.